The molecule has 1 radical (unpaired) electrons. The van der Waals surface area contributed by atoms with Crippen LogP contribution in [0.5, 0.6) is 0 Å². The standard InChI is InChI=1S/C8H16NO6S.Ac/c1-13-3-5-6(9)4-14-7(2-10)8(5)15-16(11)12;/h5-10H,2-4H2,1H3,(H,11,12);/q-1;/t5-,6?,7?,8-;/m1./s1. The average Bonchev–Trinajstić information content (AvgIpc) is 2.23. The van der Waals surface area contributed by atoms with E-state index in [0.29, 0.717) is 0 Å². The fourth-order valence-corrected chi connectivity index (χ4v) is 2.20. The summed E-state index contributed by atoms with van der Waals surface area (Å²) in [5, 5.41) is 9.06. The van der Waals surface area contributed by atoms with Gasteiger partial charge in [0.15, 0.2) is 0 Å². The number of aliphatic hydroxyl groups excluding tert-OH is 1. The molecule has 0 aromatic heterocycles. The third-order valence-electron chi connectivity index (χ3n) is 2.53. The van der Waals surface area contributed by atoms with Crippen LogP contribution < -0.4 is 0 Å². The maximum Gasteiger partial charge on any atom is 0.302 e. The van der Waals surface area contributed by atoms with Crippen LogP contribution in [0, 0.1) is 50.0 Å². The van der Waals surface area contributed by atoms with E-state index in [4.69, 9.17) is 29.0 Å². The van der Waals surface area contributed by atoms with Crippen molar-refractivity contribution >= 4 is 11.4 Å². The zero-order valence-corrected chi connectivity index (χ0v) is 15.0. The molecule has 1 heterocycles. The van der Waals surface area contributed by atoms with E-state index >= 15 is 0 Å². The Morgan fingerprint density at radius 2 is 2.24 bits per heavy atom. The van der Waals surface area contributed by atoms with Gasteiger partial charge in [-0.2, -0.15) is 4.21 Å². The van der Waals surface area contributed by atoms with Crippen molar-refractivity contribution in [2.75, 3.05) is 26.9 Å². The van der Waals surface area contributed by atoms with Crippen molar-refractivity contribution in [1.82, 2.24) is 0 Å². The summed E-state index contributed by atoms with van der Waals surface area (Å²) >= 11 is -2.45. The van der Waals surface area contributed by atoms with Crippen LogP contribution in [0.2, 0.25) is 0 Å². The van der Waals surface area contributed by atoms with E-state index in [9.17, 15) is 4.21 Å². The van der Waals surface area contributed by atoms with Gasteiger partial charge in [-0.15, -0.1) is 6.04 Å². The van der Waals surface area contributed by atoms with E-state index < -0.39 is 35.5 Å². The van der Waals surface area contributed by atoms with E-state index in [2.05, 4.69) is 0 Å². The number of ether oxygens (including phenoxy) is 2. The topological polar surface area (TPSA) is 109 Å². The van der Waals surface area contributed by atoms with Gasteiger partial charge in [-0.25, -0.2) is 0 Å². The molecule has 0 aliphatic carbocycles. The maximum absolute atomic E-state index is 10.6. The van der Waals surface area contributed by atoms with Gasteiger partial charge in [-0.05, 0) is 5.92 Å². The van der Waals surface area contributed by atoms with Gasteiger partial charge in [0, 0.05) is 57.8 Å². The second-order valence-electron chi connectivity index (χ2n) is 3.56. The number of aliphatic hydroxyl groups is 1. The molecule has 0 aromatic rings. The van der Waals surface area contributed by atoms with Gasteiger partial charge >= 0.3 is 11.4 Å². The van der Waals surface area contributed by atoms with Crippen molar-refractivity contribution in [2.24, 2.45) is 5.92 Å². The molecule has 1 aliphatic heterocycles. The van der Waals surface area contributed by atoms with Crippen molar-refractivity contribution in [2.45, 2.75) is 18.2 Å². The first-order valence-corrected chi connectivity index (χ1v) is 5.83. The van der Waals surface area contributed by atoms with Gasteiger partial charge in [0.25, 0.3) is 0 Å². The normalized spacial score (nSPS) is 35.1. The summed E-state index contributed by atoms with van der Waals surface area (Å²) < 4.78 is 34.2. The molecule has 5 atom stereocenters. The molecule has 17 heavy (non-hydrogen) atoms. The molecular formula is C8H16AcNO6S-. The van der Waals surface area contributed by atoms with Crippen molar-refractivity contribution in [3.63, 3.8) is 0 Å². The fraction of sp³-hybridized carbons (Fsp3) is 1.00. The molecule has 0 aromatic carbocycles. The van der Waals surface area contributed by atoms with Crippen molar-refractivity contribution < 1.29 is 71.6 Å². The molecular weight excluding hydrogens is 465 g/mol. The van der Waals surface area contributed by atoms with Crippen LogP contribution in [0.3, 0.4) is 0 Å². The number of nitrogens with one attached hydrogen (secondary N) is 1. The van der Waals surface area contributed by atoms with Crippen molar-refractivity contribution in [1.29, 1.82) is 0 Å². The van der Waals surface area contributed by atoms with Crippen molar-refractivity contribution in [3.05, 3.63) is 5.73 Å². The van der Waals surface area contributed by atoms with Crippen LogP contribution in [-0.4, -0.2) is 59.0 Å². The molecule has 1 fully saturated rings. The van der Waals surface area contributed by atoms with Crippen LogP contribution in [0.1, 0.15) is 0 Å². The number of hydrogen-bond donors (Lipinski definition) is 2. The molecule has 7 nitrogen and oxygen atoms in total. The van der Waals surface area contributed by atoms with Crippen LogP contribution >= 0.6 is 0 Å². The van der Waals surface area contributed by atoms with Gasteiger partial charge in [-0.3, -0.25) is 8.74 Å². The Labute approximate surface area is 138 Å². The minimum atomic E-state index is -2.45. The second-order valence-corrected chi connectivity index (χ2v) is 4.18. The quantitative estimate of drug-likeness (QED) is 0.517. The first-order chi connectivity index (χ1) is 7.60. The van der Waals surface area contributed by atoms with Gasteiger partial charge in [-0.1, -0.05) is 0 Å². The van der Waals surface area contributed by atoms with E-state index in [-0.39, 0.29) is 63.9 Å². The molecule has 9 heteroatoms. The van der Waals surface area contributed by atoms with Crippen LogP contribution in [0.4, 0.5) is 0 Å². The molecule has 99 valence electrons. The summed E-state index contributed by atoms with van der Waals surface area (Å²) in [6.07, 6.45) is -1.51. The Kier molecular flexibility index (Phi) is 10.0. The molecule has 1 saturated heterocycles. The van der Waals surface area contributed by atoms with Crippen LogP contribution in [-0.2, 0) is 25.0 Å². The predicted octanol–water partition coefficient (Wildman–Crippen LogP) is -0.417. The summed E-state index contributed by atoms with van der Waals surface area (Å²) in [5.74, 6) is -0.396. The van der Waals surface area contributed by atoms with Crippen molar-refractivity contribution in [3.8, 4) is 0 Å². The Bertz CT molecular complexity index is 246. The summed E-state index contributed by atoms with van der Waals surface area (Å²) in [4.78, 5) is 0. The van der Waals surface area contributed by atoms with E-state index in [0.717, 1.165) is 0 Å². The third-order valence-corrected chi connectivity index (χ3v) is 2.91. The third kappa shape index (κ3) is 5.47. The molecule has 1 rings (SSSR count). The number of methoxy groups -OCH3 is 1. The van der Waals surface area contributed by atoms with E-state index in [1.165, 1.54) is 7.11 Å². The first-order valence-electron chi connectivity index (χ1n) is 4.80. The predicted molar refractivity (Wildman–Crippen MR) is 55.9 cm³/mol. The summed E-state index contributed by atoms with van der Waals surface area (Å²) in [6, 6.07) is -0.601. The van der Waals surface area contributed by atoms with Gasteiger partial charge < -0.3 is 20.3 Å². The molecule has 0 bridgehead atoms. The van der Waals surface area contributed by atoms with E-state index in [1.807, 2.05) is 0 Å². The average molecular weight is 481 g/mol. The monoisotopic (exact) mass is 481 g/mol. The SMILES string of the molecule is COC[C@@H]1C([NH-])COC(CO)[C@@H]1OS(=O)O.[Ac]. The van der Waals surface area contributed by atoms with Gasteiger partial charge in [0.2, 0.25) is 0 Å². The van der Waals surface area contributed by atoms with Gasteiger partial charge in [0.05, 0.1) is 13.2 Å². The summed E-state index contributed by atoms with van der Waals surface area (Å²) in [5.41, 5.74) is 7.73. The zero-order chi connectivity index (χ0) is 12.1. The molecule has 3 N–H and O–H groups in total. The summed E-state index contributed by atoms with van der Waals surface area (Å²) in [6.45, 7) is 0.0435. The first kappa shape index (κ1) is 18.4. The van der Waals surface area contributed by atoms with Crippen LogP contribution in [0.25, 0.3) is 5.73 Å². The van der Waals surface area contributed by atoms with Crippen LogP contribution in [0.15, 0.2) is 0 Å². The molecule has 0 amide bonds. The minimum absolute atomic E-state index is 0. The van der Waals surface area contributed by atoms with E-state index in [1.54, 1.807) is 0 Å². The molecule has 0 saturated carbocycles. The maximum atomic E-state index is 10.6. The number of rotatable bonds is 5. The summed E-state index contributed by atoms with van der Waals surface area (Å²) in [7, 11) is 1.48. The molecule has 1 aliphatic rings. The smallest absolute Gasteiger partial charge is 0.302 e. The fourth-order valence-electron chi connectivity index (χ4n) is 1.74. The molecule has 3 unspecified atom stereocenters. The van der Waals surface area contributed by atoms with Gasteiger partial charge in [0.1, 0.15) is 12.2 Å². The molecule has 0 spiro atoms. The Balaban J connectivity index is 0.00000256. The minimum Gasteiger partial charge on any atom is -0.672 e. The second kappa shape index (κ2) is 9.29. The Morgan fingerprint density at radius 1 is 1.59 bits per heavy atom. The largest absolute Gasteiger partial charge is 0.672 e. The Morgan fingerprint density at radius 3 is 2.71 bits per heavy atom. The number of hydrogen-bond acceptors (Lipinski definition) is 5. The Hall–Kier alpha value is 1.35. The zero-order valence-electron chi connectivity index (χ0n) is 9.44.